The molecule has 0 fully saturated rings. The van der Waals surface area contributed by atoms with Gasteiger partial charge in [-0.1, -0.05) is 11.6 Å². The molecular weight excluding hydrogens is 452 g/mol. The van der Waals surface area contributed by atoms with Gasteiger partial charge in [0.1, 0.15) is 17.5 Å². The molecule has 1 amide bonds. The number of non-ortho nitro benzene ring substituents is 1. The van der Waals surface area contributed by atoms with Crippen LogP contribution in [-0.2, 0) is 4.79 Å². The lowest BCUT2D eigenvalue weighted by Crippen LogP contribution is -2.24. The summed E-state index contributed by atoms with van der Waals surface area (Å²) in [6, 6.07) is 9.98. The third-order valence-corrected chi connectivity index (χ3v) is 4.43. The molecule has 1 heterocycles. The molecule has 144 valence electrons. The standard InChI is InChI=1S/C18H14BrClN4O4/c1-11(23-10-12(19)9-21-23)18(25)22-14-6-15(24(26)27)8-17(7-14)28-16-4-2-13(20)3-5-16/h2-11H,1H3,(H,22,25). The summed E-state index contributed by atoms with van der Waals surface area (Å²) in [5.41, 5.74) is 0.0254. The third-order valence-electron chi connectivity index (χ3n) is 3.77. The molecule has 1 aromatic heterocycles. The van der Waals surface area contributed by atoms with Crippen LogP contribution >= 0.6 is 27.5 Å². The largest absolute Gasteiger partial charge is 0.457 e. The molecule has 0 aliphatic carbocycles. The number of nitro groups is 1. The van der Waals surface area contributed by atoms with E-state index in [1.54, 1.807) is 43.6 Å². The van der Waals surface area contributed by atoms with Crippen LogP contribution in [0, 0.1) is 10.1 Å². The quantitative estimate of drug-likeness (QED) is 0.398. The highest BCUT2D eigenvalue weighted by molar-refractivity contribution is 9.10. The minimum Gasteiger partial charge on any atom is -0.457 e. The van der Waals surface area contributed by atoms with Crippen LogP contribution in [-0.4, -0.2) is 20.6 Å². The van der Waals surface area contributed by atoms with Crippen LogP contribution in [0.1, 0.15) is 13.0 Å². The van der Waals surface area contributed by atoms with Gasteiger partial charge >= 0.3 is 0 Å². The second-order valence-corrected chi connectivity index (χ2v) is 7.18. The van der Waals surface area contributed by atoms with E-state index in [1.807, 2.05) is 0 Å². The summed E-state index contributed by atoms with van der Waals surface area (Å²) >= 11 is 9.12. The molecule has 1 atom stereocenters. The Bertz CT molecular complexity index is 1020. The zero-order valence-corrected chi connectivity index (χ0v) is 16.8. The van der Waals surface area contributed by atoms with Crippen molar-refractivity contribution in [2.24, 2.45) is 0 Å². The van der Waals surface area contributed by atoms with Crippen molar-refractivity contribution >= 4 is 44.8 Å². The Morgan fingerprint density at radius 3 is 2.61 bits per heavy atom. The molecule has 0 bridgehead atoms. The molecule has 0 aliphatic heterocycles. The van der Waals surface area contributed by atoms with E-state index in [0.29, 0.717) is 10.8 Å². The van der Waals surface area contributed by atoms with Gasteiger partial charge in [0.2, 0.25) is 5.91 Å². The van der Waals surface area contributed by atoms with Crippen molar-refractivity contribution in [2.45, 2.75) is 13.0 Å². The van der Waals surface area contributed by atoms with Crippen molar-refractivity contribution in [1.82, 2.24) is 9.78 Å². The van der Waals surface area contributed by atoms with E-state index >= 15 is 0 Å². The number of carbonyl (C=O) groups is 1. The van der Waals surface area contributed by atoms with Crippen molar-refractivity contribution in [3.8, 4) is 11.5 Å². The van der Waals surface area contributed by atoms with Gasteiger partial charge < -0.3 is 10.1 Å². The fourth-order valence-corrected chi connectivity index (χ4v) is 2.78. The maximum Gasteiger partial charge on any atom is 0.275 e. The van der Waals surface area contributed by atoms with Gasteiger partial charge in [0.25, 0.3) is 5.69 Å². The number of rotatable bonds is 6. The summed E-state index contributed by atoms with van der Waals surface area (Å²) < 4.78 is 7.87. The first-order valence-electron chi connectivity index (χ1n) is 8.05. The average molecular weight is 466 g/mol. The zero-order valence-electron chi connectivity index (χ0n) is 14.5. The summed E-state index contributed by atoms with van der Waals surface area (Å²) in [7, 11) is 0. The highest BCUT2D eigenvalue weighted by atomic mass is 79.9. The van der Waals surface area contributed by atoms with Crippen LogP contribution < -0.4 is 10.1 Å². The predicted octanol–water partition coefficient (Wildman–Crippen LogP) is 5.20. The monoisotopic (exact) mass is 464 g/mol. The lowest BCUT2D eigenvalue weighted by Gasteiger charge is -2.13. The summed E-state index contributed by atoms with van der Waals surface area (Å²) in [6.07, 6.45) is 3.22. The van der Waals surface area contributed by atoms with E-state index in [4.69, 9.17) is 16.3 Å². The first-order chi connectivity index (χ1) is 13.3. The molecule has 3 aromatic rings. The number of hydrogen-bond donors (Lipinski definition) is 1. The van der Waals surface area contributed by atoms with Gasteiger partial charge in [0.05, 0.1) is 27.3 Å². The van der Waals surface area contributed by atoms with Crippen molar-refractivity contribution in [3.05, 3.63) is 74.5 Å². The number of hydrogen-bond acceptors (Lipinski definition) is 5. The maximum atomic E-state index is 12.5. The number of halogens is 2. The number of benzene rings is 2. The Morgan fingerprint density at radius 1 is 1.29 bits per heavy atom. The highest BCUT2D eigenvalue weighted by Crippen LogP contribution is 2.30. The number of nitro benzene ring substituents is 1. The van der Waals surface area contributed by atoms with Crippen LogP contribution in [0.5, 0.6) is 11.5 Å². The molecule has 10 heteroatoms. The number of nitrogens with zero attached hydrogens (tertiary/aromatic N) is 3. The van der Waals surface area contributed by atoms with Gasteiger partial charge in [-0.05, 0) is 47.1 Å². The fourth-order valence-electron chi connectivity index (χ4n) is 2.35. The lowest BCUT2D eigenvalue weighted by molar-refractivity contribution is -0.384. The number of carbonyl (C=O) groups excluding carboxylic acids is 1. The molecule has 8 nitrogen and oxygen atoms in total. The topological polar surface area (TPSA) is 99.3 Å². The molecule has 0 spiro atoms. The maximum absolute atomic E-state index is 12.5. The Hall–Kier alpha value is -2.91. The lowest BCUT2D eigenvalue weighted by atomic mass is 10.2. The van der Waals surface area contributed by atoms with Crippen LogP contribution in [0.3, 0.4) is 0 Å². The average Bonchev–Trinajstić information content (AvgIpc) is 3.09. The first kappa shape index (κ1) is 19.8. The van der Waals surface area contributed by atoms with Crippen LogP contribution in [0.2, 0.25) is 5.02 Å². The summed E-state index contributed by atoms with van der Waals surface area (Å²) in [4.78, 5) is 23.2. The van der Waals surface area contributed by atoms with E-state index in [1.165, 1.54) is 22.9 Å². The molecule has 0 saturated heterocycles. The molecular formula is C18H14BrClN4O4. The number of aromatic nitrogens is 2. The van der Waals surface area contributed by atoms with E-state index in [-0.39, 0.29) is 23.0 Å². The number of amides is 1. The van der Waals surface area contributed by atoms with Crippen molar-refractivity contribution in [1.29, 1.82) is 0 Å². The van der Waals surface area contributed by atoms with Crippen molar-refractivity contribution in [2.75, 3.05) is 5.32 Å². The second-order valence-electron chi connectivity index (χ2n) is 5.83. The highest BCUT2D eigenvalue weighted by Gasteiger charge is 2.18. The van der Waals surface area contributed by atoms with E-state index < -0.39 is 11.0 Å². The summed E-state index contributed by atoms with van der Waals surface area (Å²) in [5.74, 6) is 0.284. The van der Waals surface area contributed by atoms with E-state index in [0.717, 1.165) is 4.47 Å². The molecule has 1 N–H and O–H groups in total. The van der Waals surface area contributed by atoms with Gasteiger partial charge in [-0.3, -0.25) is 19.6 Å². The normalized spacial score (nSPS) is 11.7. The molecule has 0 radical (unpaired) electrons. The Balaban J connectivity index is 1.83. The minimum absolute atomic E-state index is 0.210. The zero-order chi connectivity index (χ0) is 20.3. The van der Waals surface area contributed by atoms with Gasteiger partial charge in [0, 0.05) is 23.4 Å². The fraction of sp³-hybridized carbons (Fsp3) is 0.111. The van der Waals surface area contributed by atoms with Crippen LogP contribution in [0.4, 0.5) is 11.4 Å². The Morgan fingerprint density at radius 2 is 2.00 bits per heavy atom. The van der Waals surface area contributed by atoms with Gasteiger partial charge in [0.15, 0.2) is 0 Å². The molecule has 0 aliphatic rings. The van der Waals surface area contributed by atoms with E-state index in [9.17, 15) is 14.9 Å². The smallest absolute Gasteiger partial charge is 0.275 e. The first-order valence-corrected chi connectivity index (χ1v) is 9.22. The summed E-state index contributed by atoms with van der Waals surface area (Å²) in [6.45, 7) is 1.66. The van der Waals surface area contributed by atoms with Gasteiger partial charge in [-0.2, -0.15) is 5.10 Å². The van der Waals surface area contributed by atoms with Gasteiger partial charge in [-0.25, -0.2) is 0 Å². The molecule has 3 rings (SSSR count). The second kappa shape index (κ2) is 8.41. The number of anilines is 1. The van der Waals surface area contributed by atoms with Gasteiger partial charge in [-0.15, -0.1) is 0 Å². The van der Waals surface area contributed by atoms with Crippen LogP contribution in [0.15, 0.2) is 59.3 Å². The van der Waals surface area contributed by atoms with Crippen molar-refractivity contribution in [3.63, 3.8) is 0 Å². The number of nitrogens with one attached hydrogen (secondary N) is 1. The molecule has 2 aromatic carbocycles. The molecule has 28 heavy (non-hydrogen) atoms. The van der Waals surface area contributed by atoms with Crippen LogP contribution in [0.25, 0.3) is 0 Å². The van der Waals surface area contributed by atoms with Crippen molar-refractivity contribution < 1.29 is 14.5 Å². The molecule has 0 saturated carbocycles. The minimum atomic E-state index is -0.619. The summed E-state index contributed by atoms with van der Waals surface area (Å²) in [5, 5.41) is 18.5. The Labute approximate surface area is 173 Å². The predicted molar refractivity (Wildman–Crippen MR) is 108 cm³/mol. The number of ether oxygens (including phenoxy) is 1. The Kier molecular flexibility index (Phi) is 5.96. The molecule has 1 unspecified atom stereocenters. The van der Waals surface area contributed by atoms with E-state index in [2.05, 4.69) is 26.3 Å². The SMILES string of the molecule is CC(C(=O)Nc1cc(Oc2ccc(Cl)cc2)cc([N+](=O)[O-])c1)n1cc(Br)cn1. The third kappa shape index (κ3) is 4.87.